The van der Waals surface area contributed by atoms with E-state index in [0.717, 1.165) is 33.4 Å². The van der Waals surface area contributed by atoms with Crippen molar-refractivity contribution in [3.63, 3.8) is 0 Å². The summed E-state index contributed by atoms with van der Waals surface area (Å²) in [6.45, 7) is 6.25. The molecule has 0 bridgehead atoms. The highest BCUT2D eigenvalue weighted by Gasteiger charge is 2.16. The molecule has 0 amide bonds. The molecule has 2 aromatic rings. The summed E-state index contributed by atoms with van der Waals surface area (Å²) >= 11 is 0. The molecule has 0 N–H and O–H groups in total. The topological polar surface area (TPSA) is 17.1 Å². The molecule has 0 aromatic heterocycles. The molecule has 1 aliphatic carbocycles. The highest BCUT2D eigenvalue weighted by Crippen LogP contribution is 2.34. The lowest BCUT2D eigenvalue weighted by molar-refractivity contribution is -0.110. The van der Waals surface area contributed by atoms with Crippen molar-refractivity contribution in [1.29, 1.82) is 0 Å². The van der Waals surface area contributed by atoms with Crippen LogP contribution in [0.4, 0.5) is 4.39 Å². The Kier molecular flexibility index (Phi) is 4.30. The first-order valence-electron chi connectivity index (χ1n) is 7.94. The summed E-state index contributed by atoms with van der Waals surface area (Å²) < 4.78 is 13.4. The molecular formula is C22H19FO. The summed E-state index contributed by atoms with van der Waals surface area (Å²) in [5, 5.41) is 0. The van der Waals surface area contributed by atoms with Crippen LogP contribution in [-0.4, -0.2) is 5.78 Å². The van der Waals surface area contributed by atoms with Crippen LogP contribution in [0.25, 0.3) is 5.57 Å². The number of benzene rings is 2. The smallest absolute Gasteiger partial charge is 0.178 e. The highest BCUT2D eigenvalue weighted by atomic mass is 19.1. The highest BCUT2D eigenvalue weighted by molar-refractivity contribution is 6.03. The third-order valence-corrected chi connectivity index (χ3v) is 4.20. The number of hydrogen-bond acceptors (Lipinski definition) is 1. The molecule has 0 heterocycles. The molecule has 0 radical (unpaired) electrons. The second kappa shape index (κ2) is 6.40. The van der Waals surface area contributed by atoms with Gasteiger partial charge in [0.25, 0.3) is 0 Å². The summed E-state index contributed by atoms with van der Waals surface area (Å²) in [7, 11) is 0. The molecule has 120 valence electrons. The van der Waals surface area contributed by atoms with Gasteiger partial charge in [0.1, 0.15) is 5.82 Å². The van der Waals surface area contributed by atoms with Crippen molar-refractivity contribution in [2.45, 2.75) is 20.8 Å². The van der Waals surface area contributed by atoms with Crippen LogP contribution in [0.1, 0.15) is 27.8 Å². The molecule has 0 saturated heterocycles. The Labute approximate surface area is 141 Å². The molecule has 2 aromatic carbocycles. The summed E-state index contributed by atoms with van der Waals surface area (Å²) in [6.07, 6.45) is 6.80. The Morgan fingerprint density at radius 1 is 0.833 bits per heavy atom. The number of rotatable bonds is 2. The van der Waals surface area contributed by atoms with Crippen LogP contribution in [0, 0.1) is 26.6 Å². The summed E-state index contributed by atoms with van der Waals surface area (Å²) in [5.41, 5.74) is 7.58. The van der Waals surface area contributed by atoms with Crippen molar-refractivity contribution >= 4 is 11.4 Å². The maximum Gasteiger partial charge on any atom is 0.178 e. The van der Waals surface area contributed by atoms with Crippen LogP contribution in [0.5, 0.6) is 0 Å². The van der Waals surface area contributed by atoms with E-state index in [4.69, 9.17) is 0 Å². The second-order valence-corrected chi connectivity index (χ2v) is 6.18. The van der Waals surface area contributed by atoms with E-state index >= 15 is 0 Å². The van der Waals surface area contributed by atoms with E-state index in [1.165, 1.54) is 17.7 Å². The van der Waals surface area contributed by atoms with Gasteiger partial charge in [-0.25, -0.2) is 4.39 Å². The molecule has 24 heavy (non-hydrogen) atoms. The first-order chi connectivity index (χ1) is 11.5. The summed E-state index contributed by atoms with van der Waals surface area (Å²) in [5.74, 6) is -0.278. The molecule has 1 aliphatic rings. The van der Waals surface area contributed by atoms with Crippen molar-refractivity contribution in [3.05, 3.63) is 99.9 Å². The normalized spacial score (nSPS) is 13.5. The number of hydrogen-bond donors (Lipinski definition) is 0. The van der Waals surface area contributed by atoms with Crippen LogP contribution < -0.4 is 0 Å². The maximum atomic E-state index is 13.4. The van der Waals surface area contributed by atoms with Crippen LogP contribution in [0.3, 0.4) is 0 Å². The van der Waals surface area contributed by atoms with Gasteiger partial charge >= 0.3 is 0 Å². The lowest BCUT2D eigenvalue weighted by Gasteiger charge is -2.19. The van der Waals surface area contributed by atoms with Gasteiger partial charge in [0.05, 0.1) is 0 Å². The van der Waals surface area contributed by atoms with Crippen LogP contribution in [0.15, 0.2) is 66.3 Å². The van der Waals surface area contributed by atoms with Crippen molar-refractivity contribution in [2.75, 3.05) is 0 Å². The number of allylic oxidation sites excluding steroid dienone is 5. The minimum Gasteiger partial charge on any atom is -0.290 e. The zero-order valence-corrected chi connectivity index (χ0v) is 14.1. The predicted octanol–water partition coefficient (Wildman–Crippen LogP) is 5.25. The van der Waals surface area contributed by atoms with E-state index in [0.29, 0.717) is 0 Å². The lowest BCUT2D eigenvalue weighted by Crippen LogP contribution is -2.01. The average Bonchev–Trinajstić information content (AvgIpc) is 2.53. The third kappa shape index (κ3) is 3.13. The quantitative estimate of drug-likeness (QED) is 0.739. The molecule has 0 unspecified atom stereocenters. The fraction of sp³-hybridized carbons (Fsp3) is 0.136. The Morgan fingerprint density at radius 2 is 1.38 bits per heavy atom. The van der Waals surface area contributed by atoms with Crippen molar-refractivity contribution in [2.24, 2.45) is 0 Å². The SMILES string of the molecule is Cc1cc(C)c(C(=C2C=CC(=O)C=C2)c2ccc(F)cc2)c(C)c1. The van der Waals surface area contributed by atoms with Crippen LogP contribution >= 0.6 is 0 Å². The molecule has 0 saturated carbocycles. The van der Waals surface area contributed by atoms with E-state index in [-0.39, 0.29) is 11.6 Å². The van der Waals surface area contributed by atoms with Crippen molar-refractivity contribution in [1.82, 2.24) is 0 Å². The van der Waals surface area contributed by atoms with E-state index in [2.05, 4.69) is 32.9 Å². The number of ketones is 1. The standard InChI is InChI=1S/C22H19FO/c1-14-12-15(2)21(16(3)13-14)22(17-4-8-19(23)9-5-17)18-6-10-20(24)11-7-18/h4-13H,1-3H3. The fourth-order valence-electron chi connectivity index (χ4n) is 3.27. The largest absolute Gasteiger partial charge is 0.290 e. The molecule has 0 atom stereocenters. The van der Waals surface area contributed by atoms with E-state index in [9.17, 15) is 9.18 Å². The number of aryl methyl sites for hydroxylation is 3. The van der Waals surface area contributed by atoms with Gasteiger partial charge < -0.3 is 0 Å². The van der Waals surface area contributed by atoms with Gasteiger partial charge in [0.2, 0.25) is 0 Å². The molecular weight excluding hydrogens is 299 g/mol. The van der Waals surface area contributed by atoms with E-state index in [1.807, 2.05) is 12.2 Å². The molecule has 0 spiro atoms. The van der Waals surface area contributed by atoms with Gasteiger partial charge in [-0.3, -0.25) is 4.79 Å². The zero-order chi connectivity index (χ0) is 17.3. The minimum absolute atomic E-state index is 0.0189. The first-order valence-corrected chi connectivity index (χ1v) is 7.94. The molecule has 1 nitrogen and oxygen atoms in total. The first kappa shape index (κ1) is 16.1. The summed E-state index contributed by atoms with van der Waals surface area (Å²) in [4.78, 5) is 11.5. The van der Waals surface area contributed by atoms with Gasteiger partial charge in [0, 0.05) is 0 Å². The third-order valence-electron chi connectivity index (χ3n) is 4.20. The van der Waals surface area contributed by atoms with Gasteiger partial charge in [-0.2, -0.15) is 0 Å². The molecule has 3 rings (SSSR count). The van der Waals surface area contributed by atoms with Crippen LogP contribution in [-0.2, 0) is 4.79 Å². The Morgan fingerprint density at radius 3 is 1.92 bits per heavy atom. The van der Waals surface area contributed by atoms with Gasteiger partial charge in [-0.05, 0) is 78.5 Å². The fourth-order valence-corrected chi connectivity index (χ4v) is 3.27. The van der Waals surface area contributed by atoms with Gasteiger partial charge in [0.15, 0.2) is 5.78 Å². The molecule has 0 fully saturated rings. The number of halogens is 1. The van der Waals surface area contributed by atoms with Crippen molar-refractivity contribution in [3.8, 4) is 0 Å². The van der Waals surface area contributed by atoms with E-state index in [1.54, 1.807) is 24.3 Å². The van der Waals surface area contributed by atoms with Crippen LogP contribution in [0.2, 0.25) is 0 Å². The Hall–Kier alpha value is -2.74. The molecule has 0 aliphatic heterocycles. The monoisotopic (exact) mass is 318 g/mol. The second-order valence-electron chi connectivity index (χ2n) is 6.18. The van der Waals surface area contributed by atoms with Gasteiger partial charge in [-0.15, -0.1) is 0 Å². The number of carbonyl (C=O) groups excluding carboxylic acids is 1. The molecule has 2 heteroatoms. The Bertz CT molecular complexity index is 855. The minimum atomic E-state index is -0.259. The summed E-state index contributed by atoms with van der Waals surface area (Å²) in [6, 6.07) is 10.8. The van der Waals surface area contributed by atoms with Crippen molar-refractivity contribution < 1.29 is 9.18 Å². The maximum absolute atomic E-state index is 13.4. The predicted molar refractivity (Wildman–Crippen MR) is 96.4 cm³/mol. The zero-order valence-electron chi connectivity index (χ0n) is 14.1. The average molecular weight is 318 g/mol. The lowest BCUT2D eigenvalue weighted by atomic mass is 9.85. The van der Waals surface area contributed by atoms with Gasteiger partial charge in [-0.1, -0.05) is 42.0 Å². The Balaban J connectivity index is 2.30. The number of carbonyl (C=O) groups is 1. The van der Waals surface area contributed by atoms with E-state index < -0.39 is 0 Å².